The van der Waals surface area contributed by atoms with Crippen LogP contribution in [-0.4, -0.2) is 30.6 Å². The number of carbonyl (C=O) groups is 1. The minimum atomic E-state index is -2.84. The highest BCUT2D eigenvalue weighted by molar-refractivity contribution is 6.32. The van der Waals surface area contributed by atoms with Crippen LogP contribution in [0.25, 0.3) is 11.3 Å². The number of aliphatic hydroxyl groups excluding tert-OH is 1. The Bertz CT molecular complexity index is 1250. The van der Waals surface area contributed by atoms with Crippen LogP contribution in [-0.2, 0) is 6.50 Å². The molecule has 0 saturated carbocycles. The molecule has 1 aromatic carbocycles. The van der Waals surface area contributed by atoms with Gasteiger partial charge in [-0.25, -0.2) is 0 Å². The van der Waals surface area contributed by atoms with Gasteiger partial charge in [-0.15, -0.1) is 0 Å². The fraction of sp³-hybridized carbons (Fsp3) is 0.263. The summed E-state index contributed by atoms with van der Waals surface area (Å²) in [4.78, 5) is 11.6. The van der Waals surface area contributed by atoms with Crippen LogP contribution in [0.1, 0.15) is 54.5 Å². The second-order valence-corrected chi connectivity index (χ2v) is 6.33. The number of aliphatic hydroxyl groups is 1. The molecule has 0 fully saturated rings. The summed E-state index contributed by atoms with van der Waals surface area (Å²) in [6.07, 6.45) is -0.652. The molecule has 9 heteroatoms. The summed E-state index contributed by atoms with van der Waals surface area (Å²) in [6.45, 7) is -3.72. The average molecular weight is 404 g/mol. The van der Waals surface area contributed by atoms with Crippen molar-refractivity contribution in [1.82, 2.24) is 19.6 Å². The summed E-state index contributed by atoms with van der Waals surface area (Å²) in [5.74, 6) is -0.959. The number of nitriles is 1. The SMILES string of the molecule is [2H]C([2H])([2H])C(O)c1cc(C(N)=O)nn1[C@@H](C)C([2H])([2H])n1ccc(-c2ccc(C#N)c(Cl)c2)n1. The van der Waals surface area contributed by atoms with E-state index in [2.05, 4.69) is 10.2 Å². The smallest absolute Gasteiger partial charge is 0.269 e. The molecule has 0 spiro atoms. The maximum absolute atomic E-state index is 11.6. The van der Waals surface area contributed by atoms with Crippen molar-refractivity contribution in [2.24, 2.45) is 5.73 Å². The Labute approximate surface area is 173 Å². The average Bonchev–Trinajstić information content (AvgIpc) is 3.40. The summed E-state index contributed by atoms with van der Waals surface area (Å²) in [7, 11) is 0. The molecule has 0 aliphatic heterocycles. The number of nitrogens with two attached hydrogens (primary N) is 1. The molecule has 3 rings (SSSR count). The van der Waals surface area contributed by atoms with Crippen LogP contribution in [0, 0.1) is 11.3 Å². The molecule has 2 aromatic heterocycles. The van der Waals surface area contributed by atoms with E-state index in [4.69, 9.17) is 29.5 Å². The van der Waals surface area contributed by atoms with Gasteiger partial charge >= 0.3 is 0 Å². The number of amides is 1. The van der Waals surface area contributed by atoms with Crippen molar-refractivity contribution in [3.8, 4) is 17.3 Å². The highest BCUT2D eigenvalue weighted by atomic mass is 35.5. The first-order chi connectivity index (χ1) is 15.3. The highest BCUT2D eigenvalue weighted by Gasteiger charge is 2.19. The van der Waals surface area contributed by atoms with E-state index in [1.807, 2.05) is 6.07 Å². The lowest BCUT2D eigenvalue weighted by atomic mass is 10.1. The van der Waals surface area contributed by atoms with E-state index in [9.17, 15) is 9.90 Å². The summed E-state index contributed by atoms with van der Waals surface area (Å²) < 4.78 is 41.6. The first-order valence-corrected chi connectivity index (χ1v) is 8.48. The zero-order chi connectivity index (χ0) is 24.7. The number of hydrogen-bond donors (Lipinski definition) is 2. The molecule has 3 aromatic rings. The van der Waals surface area contributed by atoms with Crippen molar-refractivity contribution in [3.05, 3.63) is 58.5 Å². The fourth-order valence-corrected chi connectivity index (χ4v) is 2.83. The van der Waals surface area contributed by atoms with Crippen LogP contribution < -0.4 is 5.73 Å². The van der Waals surface area contributed by atoms with Gasteiger partial charge in [0.25, 0.3) is 5.91 Å². The van der Waals surface area contributed by atoms with Gasteiger partial charge < -0.3 is 10.8 Å². The third kappa shape index (κ3) is 3.91. The van der Waals surface area contributed by atoms with Gasteiger partial charge in [0.05, 0.1) is 43.4 Å². The van der Waals surface area contributed by atoms with Gasteiger partial charge in [-0.3, -0.25) is 14.2 Å². The molecular weight excluding hydrogens is 380 g/mol. The molecule has 144 valence electrons. The standard InChI is InChI=1S/C19H19ClN6O2/c1-11(26-18(12(2)27)8-17(24-26)19(22)28)10-25-6-5-16(23-25)13-3-4-14(9-21)15(20)7-13/h3-8,11-12,27H,10H2,1-2H3,(H2,22,28)/t11-,12?/m0/s1/i2D3,10D2. The Kier molecular flexibility index (Phi) is 3.90. The van der Waals surface area contributed by atoms with Crippen LogP contribution in [0.4, 0.5) is 0 Å². The lowest BCUT2D eigenvalue weighted by Crippen LogP contribution is -2.19. The van der Waals surface area contributed by atoms with Crippen LogP contribution in [0.15, 0.2) is 36.5 Å². The molecule has 8 nitrogen and oxygen atoms in total. The molecule has 0 aliphatic rings. The fourth-order valence-electron chi connectivity index (χ4n) is 2.60. The number of carbonyl (C=O) groups excluding carboxylic acids is 1. The number of aromatic nitrogens is 4. The summed E-state index contributed by atoms with van der Waals surface area (Å²) in [5, 5.41) is 27.7. The lowest BCUT2D eigenvalue weighted by Gasteiger charge is -2.17. The van der Waals surface area contributed by atoms with Gasteiger partial charge in [0.2, 0.25) is 0 Å². The van der Waals surface area contributed by atoms with E-state index >= 15 is 0 Å². The van der Waals surface area contributed by atoms with Crippen LogP contribution in [0.5, 0.6) is 0 Å². The number of halogens is 1. The maximum atomic E-state index is 11.6. The Morgan fingerprint density at radius 3 is 2.89 bits per heavy atom. The Hall–Kier alpha value is -3.15. The zero-order valence-corrected chi connectivity index (χ0v) is 15.4. The molecule has 2 atom stereocenters. The maximum Gasteiger partial charge on any atom is 0.269 e. The van der Waals surface area contributed by atoms with Gasteiger partial charge in [-0.1, -0.05) is 17.7 Å². The van der Waals surface area contributed by atoms with Gasteiger partial charge in [0.1, 0.15) is 11.8 Å². The molecule has 28 heavy (non-hydrogen) atoms. The quantitative estimate of drug-likeness (QED) is 0.654. The number of hydrogen-bond acceptors (Lipinski definition) is 5. The van der Waals surface area contributed by atoms with Crippen molar-refractivity contribution < 1.29 is 16.8 Å². The van der Waals surface area contributed by atoms with E-state index in [-0.39, 0.29) is 22.0 Å². The van der Waals surface area contributed by atoms with Gasteiger partial charge in [-0.2, -0.15) is 15.5 Å². The minimum absolute atomic E-state index is 0.222. The van der Waals surface area contributed by atoms with Crippen molar-refractivity contribution in [1.29, 1.82) is 5.26 Å². The first kappa shape index (κ1) is 13.9. The van der Waals surface area contributed by atoms with E-state index in [1.54, 1.807) is 12.1 Å². The summed E-state index contributed by atoms with van der Waals surface area (Å²) in [5.41, 5.74) is 5.86. The lowest BCUT2D eigenvalue weighted by molar-refractivity contribution is 0.0994. The normalized spacial score (nSPS) is 16.7. The van der Waals surface area contributed by atoms with Crippen molar-refractivity contribution in [2.45, 2.75) is 32.4 Å². The molecule has 0 bridgehead atoms. The van der Waals surface area contributed by atoms with Gasteiger partial charge in [-0.05, 0) is 38.0 Å². The zero-order valence-electron chi connectivity index (χ0n) is 19.7. The van der Waals surface area contributed by atoms with E-state index in [1.165, 1.54) is 25.3 Å². The van der Waals surface area contributed by atoms with Crippen LogP contribution in [0.2, 0.25) is 5.02 Å². The van der Waals surface area contributed by atoms with Crippen molar-refractivity contribution in [2.75, 3.05) is 0 Å². The van der Waals surface area contributed by atoms with Crippen LogP contribution >= 0.6 is 11.6 Å². The number of rotatable bonds is 6. The minimum Gasteiger partial charge on any atom is -0.387 e. The van der Waals surface area contributed by atoms with Crippen molar-refractivity contribution in [3.63, 3.8) is 0 Å². The Morgan fingerprint density at radius 2 is 2.25 bits per heavy atom. The highest BCUT2D eigenvalue weighted by Crippen LogP contribution is 2.25. The van der Waals surface area contributed by atoms with E-state index in [0.717, 1.165) is 15.4 Å². The van der Waals surface area contributed by atoms with E-state index in [0.29, 0.717) is 11.3 Å². The summed E-state index contributed by atoms with van der Waals surface area (Å²) >= 11 is 6.07. The largest absolute Gasteiger partial charge is 0.387 e. The second-order valence-electron chi connectivity index (χ2n) is 5.92. The molecular formula is C19H19ClN6O2. The third-order valence-electron chi connectivity index (χ3n) is 3.96. The van der Waals surface area contributed by atoms with Crippen molar-refractivity contribution >= 4 is 17.5 Å². The van der Waals surface area contributed by atoms with Gasteiger partial charge in [0.15, 0.2) is 0 Å². The molecule has 0 radical (unpaired) electrons. The summed E-state index contributed by atoms with van der Waals surface area (Å²) in [6, 6.07) is 7.97. The van der Waals surface area contributed by atoms with E-state index < -0.39 is 31.4 Å². The second kappa shape index (κ2) is 7.84. The first-order valence-electron chi connectivity index (χ1n) is 10.6. The molecule has 0 saturated heterocycles. The Balaban J connectivity index is 2.01. The monoisotopic (exact) mass is 403 g/mol. The third-order valence-corrected chi connectivity index (χ3v) is 4.27. The molecule has 1 amide bonds. The topological polar surface area (TPSA) is 123 Å². The molecule has 0 aliphatic carbocycles. The number of nitrogens with zero attached hydrogens (tertiary/aromatic N) is 5. The van der Waals surface area contributed by atoms with Crippen LogP contribution in [0.3, 0.4) is 0 Å². The Morgan fingerprint density at radius 1 is 1.46 bits per heavy atom. The number of benzene rings is 1. The molecule has 2 heterocycles. The predicted octanol–water partition coefficient (Wildman–Crippen LogP) is 2.69. The predicted molar refractivity (Wildman–Crippen MR) is 103 cm³/mol. The van der Waals surface area contributed by atoms with Gasteiger partial charge in [0, 0.05) is 15.9 Å². The number of primary amides is 1. The molecule has 3 N–H and O–H groups in total. The molecule has 1 unspecified atom stereocenters.